The zero-order chi connectivity index (χ0) is 18.6. The molecule has 2 aliphatic heterocycles. The number of fused-ring (bicyclic) bond motifs is 1. The van der Waals surface area contributed by atoms with E-state index in [-0.39, 0.29) is 6.04 Å². The summed E-state index contributed by atoms with van der Waals surface area (Å²) in [5.74, 6) is 1.40. The highest BCUT2D eigenvalue weighted by Gasteiger charge is 2.37. The molecule has 1 N–H and O–H groups in total. The zero-order valence-electron chi connectivity index (χ0n) is 16.3. The van der Waals surface area contributed by atoms with Crippen molar-refractivity contribution in [2.75, 3.05) is 19.6 Å². The zero-order valence-corrected chi connectivity index (χ0v) is 16.3. The largest absolute Gasteiger partial charge is 0.489 e. The van der Waals surface area contributed by atoms with E-state index in [2.05, 4.69) is 77.8 Å². The third-order valence-corrected chi connectivity index (χ3v) is 5.63. The molecule has 4 heteroatoms. The van der Waals surface area contributed by atoms with Gasteiger partial charge in [0.2, 0.25) is 0 Å². The van der Waals surface area contributed by atoms with Crippen molar-refractivity contribution in [2.24, 2.45) is 11.0 Å². The summed E-state index contributed by atoms with van der Waals surface area (Å²) in [6.07, 6.45) is 2.27. The minimum Gasteiger partial charge on any atom is -0.489 e. The molecule has 27 heavy (non-hydrogen) atoms. The SMILES string of the molecule is CCCN1CCC2=NNC(c3ccccc3OCc3ccc(C)cc3)C2C1. The Hall–Kier alpha value is -2.33. The van der Waals surface area contributed by atoms with Gasteiger partial charge < -0.3 is 15.1 Å². The number of aryl methyl sites for hydroxylation is 1. The number of hydrogen-bond donors (Lipinski definition) is 1. The van der Waals surface area contributed by atoms with Crippen molar-refractivity contribution in [1.29, 1.82) is 0 Å². The Balaban J connectivity index is 1.50. The number of piperidine rings is 1. The van der Waals surface area contributed by atoms with Crippen LogP contribution >= 0.6 is 0 Å². The van der Waals surface area contributed by atoms with Crippen LogP contribution < -0.4 is 10.2 Å². The van der Waals surface area contributed by atoms with Crippen LogP contribution in [0.1, 0.15) is 42.5 Å². The van der Waals surface area contributed by atoms with Crippen molar-refractivity contribution >= 4 is 5.71 Å². The van der Waals surface area contributed by atoms with Crippen LogP contribution in [-0.4, -0.2) is 30.2 Å². The first kappa shape index (κ1) is 18.1. The lowest BCUT2D eigenvalue weighted by Gasteiger charge is -2.33. The molecule has 0 bridgehead atoms. The summed E-state index contributed by atoms with van der Waals surface area (Å²) in [6.45, 7) is 8.32. The molecule has 1 saturated heterocycles. The quantitative estimate of drug-likeness (QED) is 0.831. The third kappa shape index (κ3) is 4.01. The summed E-state index contributed by atoms with van der Waals surface area (Å²) in [4.78, 5) is 2.57. The van der Waals surface area contributed by atoms with Crippen molar-refractivity contribution in [1.82, 2.24) is 10.3 Å². The first-order valence-corrected chi connectivity index (χ1v) is 10.1. The molecular formula is C23H29N3O. The van der Waals surface area contributed by atoms with Crippen molar-refractivity contribution < 1.29 is 4.74 Å². The molecule has 2 heterocycles. The van der Waals surface area contributed by atoms with Crippen molar-refractivity contribution in [2.45, 2.75) is 39.3 Å². The first-order chi connectivity index (χ1) is 13.2. The maximum atomic E-state index is 6.23. The Morgan fingerprint density at radius 3 is 2.78 bits per heavy atom. The van der Waals surface area contributed by atoms with E-state index < -0.39 is 0 Å². The first-order valence-electron chi connectivity index (χ1n) is 10.1. The van der Waals surface area contributed by atoms with E-state index in [0.29, 0.717) is 12.5 Å². The lowest BCUT2D eigenvalue weighted by molar-refractivity contribution is 0.225. The number of nitrogens with one attached hydrogen (secondary N) is 1. The average Bonchev–Trinajstić information content (AvgIpc) is 3.11. The summed E-state index contributed by atoms with van der Waals surface area (Å²) < 4.78 is 6.23. The van der Waals surface area contributed by atoms with Crippen LogP contribution in [0.15, 0.2) is 53.6 Å². The molecule has 4 nitrogen and oxygen atoms in total. The minimum atomic E-state index is 0.203. The summed E-state index contributed by atoms with van der Waals surface area (Å²) in [6, 6.07) is 17.1. The predicted octanol–water partition coefficient (Wildman–Crippen LogP) is 4.31. The van der Waals surface area contributed by atoms with Crippen LogP contribution in [0.3, 0.4) is 0 Å². The molecule has 2 unspecified atom stereocenters. The second-order valence-corrected chi connectivity index (χ2v) is 7.68. The highest BCUT2D eigenvalue weighted by Crippen LogP contribution is 2.37. The molecule has 1 fully saturated rings. The van der Waals surface area contributed by atoms with Gasteiger partial charge in [0.05, 0.1) is 6.04 Å². The molecule has 0 radical (unpaired) electrons. The van der Waals surface area contributed by atoms with Gasteiger partial charge in [-0.05, 0) is 31.5 Å². The van der Waals surface area contributed by atoms with E-state index in [4.69, 9.17) is 4.74 Å². The van der Waals surface area contributed by atoms with Gasteiger partial charge in [0.25, 0.3) is 0 Å². The lowest BCUT2D eigenvalue weighted by Crippen LogP contribution is -2.42. The maximum Gasteiger partial charge on any atom is 0.125 e. The highest BCUT2D eigenvalue weighted by atomic mass is 16.5. The third-order valence-electron chi connectivity index (χ3n) is 5.63. The van der Waals surface area contributed by atoms with Gasteiger partial charge in [-0.15, -0.1) is 0 Å². The van der Waals surface area contributed by atoms with Crippen molar-refractivity contribution in [3.8, 4) is 5.75 Å². The minimum absolute atomic E-state index is 0.203. The van der Waals surface area contributed by atoms with Crippen LogP contribution in [-0.2, 0) is 6.61 Å². The Morgan fingerprint density at radius 2 is 1.96 bits per heavy atom. The fourth-order valence-electron chi connectivity index (χ4n) is 4.13. The van der Waals surface area contributed by atoms with Gasteiger partial charge in [0, 0.05) is 36.7 Å². The van der Waals surface area contributed by atoms with Crippen LogP contribution in [0.4, 0.5) is 0 Å². The fourth-order valence-corrected chi connectivity index (χ4v) is 4.13. The van der Waals surface area contributed by atoms with Crippen LogP contribution in [0.25, 0.3) is 0 Å². The molecule has 2 aromatic carbocycles. The Kier molecular flexibility index (Phi) is 5.44. The van der Waals surface area contributed by atoms with Gasteiger partial charge in [0.15, 0.2) is 0 Å². The van der Waals surface area contributed by atoms with Gasteiger partial charge in [-0.2, -0.15) is 5.10 Å². The summed E-state index contributed by atoms with van der Waals surface area (Å²) in [7, 11) is 0. The van der Waals surface area contributed by atoms with E-state index in [9.17, 15) is 0 Å². The Bertz CT molecular complexity index is 800. The van der Waals surface area contributed by atoms with E-state index in [0.717, 1.165) is 25.3 Å². The molecule has 142 valence electrons. The van der Waals surface area contributed by atoms with Crippen LogP contribution in [0, 0.1) is 12.8 Å². The fraction of sp³-hybridized carbons (Fsp3) is 0.435. The van der Waals surface area contributed by atoms with Gasteiger partial charge in [0.1, 0.15) is 12.4 Å². The summed E-state index contributed by atoms with van der Waals surface area (Å²) >= 11 is 0. The van der Waals surface area contributed by atoms with Crippen molar-refractivity contribution in [3.63, 3.8) is 0 Å². The molecule has 0 aromatic heterocycles. The van der Waals surface area contributed by atoms with E-state index in [1.54, 1.807) is 0 Å². The summed E-state index contributed by atoms with van der Waals surface area (Å²) in [5, 5.41) is 4.66. The monoisotopic (exact) mass is 363 g/mol. The lowest BCUT2D eigenvalue weighted by atomic mass is 9.86. The second kappa shape index (κ2) is 8.13. The number of para-hydroxylation sites is 1. The number of hydrazone groups is 1. The number of ether oxygens (including phenoxy) is 1. The predicted molar refractivity (Wildman–Crippen MR) is 110 cm³/mol. The number of benzene rings is 2. The van der Waals surface area contributed by atoms with Gasteiger partial charge in [-0.1, -0.05) is 55.0 Å². The Morgan fingerprint density at radius 1 is 1.15 bits per heavy atom. The highest BCUT2D eigenvalue weighted by molar-refractivity contribution is 5.90. The van der Waals surface area contributed by atoms with Crippen LogP contribution in [0.2, 0.25) is 0 Å². The van der Waals surface area contributed by atoms with Crippen molar-refractivity contribution in [3.05, 3.63) is 65.2 Å². The van der Waals surface area contributed by atoms with Gasteiger partial charge in [-0.25, -0.2) is 0 Å². The average molecular weight is 364 g/mol. The topological polar surface area (TPSA) is 36.9 Å². The molecule has 0 amide bonds. The van der Waals surface area contributed by atoms with E-state index in [1.165, 1.54) is 35.4 Å². The van der Waals surface area contributed by atoms with Crippen LogP contribution in [0.5, 0.6) is 5.75 Å². The molecule has 2 aliphatic rings. The van der Waals surface area contributed by atoms with Gasteiger partial charge >= 0.3 is 0 Å². The normalized spacial score (nSPS) is 22.1. The number of likely N-dealkylation sites (tertiary alicyclic amines) is 1. The molecule has 0 aliphatic carbocycles. The maximum absolute atomic E-state index is 6.23. The summed E-state index contributed by atoms with van der Waals surface area (Å²) in [5.41, 5.74) is 8.40. The number of hydrogen-bond acceptors (Lipinski definition) is 4. The molecule has 2 aromatic rings. The molecule has 0 saturated carbocycles. The van der Waals surface area contributed by atoms with Gasteiger partial charge in [-0.3, -0.25) is 0 Å². The molecule has 0 spiro atoms. The van der Waals surface area contributed by atoms with E-state index in [1.807, 2.05) is 0 Å². The number of rotatable bonds is 6. The Labute approximate surface area is 162 Å². The number of nitrogens with zero attached hydrogens (tertiary/aromatic N) is 2. The smallest absolute Gasteiger partial charge is 0.125 e. The second-order valence-electron chi connectivity index (χ2n) is 7.68. The van der Waals surface area contributed by atoms with E-state index >= 15 is 0 Å². The molecular weight excluding hydrogens is 334 g/mol. The standard InChI is InChI=1S/C23H29N3O/c1-3-13-26-14-12-21-20(15-26)23(25-24-21)19-6-4-5-7-22(19)27-16-18-10-8-17(2)9-11-18/h4-11,20,23,25H,3,12-16H2,1-2H3. The molecule has 4 rings (SSSR count). The molecule has 2 atom stereocenters.